The fourth-order valence-corrected chi connectivity index (χ4v) is 3.28. The van der Waals surface area contributed by atoms with E-state index in [4.69, 9.17) is 9.47 Å². The molecule has 0 aliphatic carbocycles. The Morgan fingerprint density at radius 1 is 1.22 bits per heavy atom. The summed E-state index contributed by atoms with van der Waals surface area (Å²) in [5, 5.41) is 0. The largest absolute Gasteiger partial charge is 0.377 e. The second-order valence-corrected chi connectivity index (χ2v) is 6.94. The standard InChI is InChI=1S/C18H26N2O3/c1-18(2)14-22-10-9-20(18)17(21)16-13-19(8-11-23-16)12-15-6-4-3-5-7-15/h3-7,16H,8-14H2,1-2H3/t16-/m0/s1. The molecule has 1 aromatic carbocycles. The lowest BCUT2D eigenvalue weighted by atomic mass is 10.0. The smallest absolute Gasteiger partial charge is 0.253 e. The van der Waals surface area contributed by atoms with Gasteiger partial charge in [0.15, 0.2) is 0 Å². The predicted octanol–water partition coefficient (Wildman–Crippen LogP) is 1.52. The fourth-order valence-electron chi connectivity index (χ4n) is 3.28. The van der Waals surface area contributed by atoms with Gasteiger partial charge in [-0.1, -0.05) is 30.3 Å². The van der Waals surface area contributed by atoms with Crippen molar-refractivity contribution in [3.05, 3.63) is 35.9 Å². The van der Waals surface area contributed by atoms with Crippen molar-refractivity contribution in [2.75, 3.05) is 39.5 Å². The number of ether oxygens (including phenoxy) is 2. The van der Waals surface area contributed by atoms with Crippen molar-refractivity contribution in [2.24, 2.45) is 0 Å². The van der Waals surface area contributed by atoms with Crippen LogP contribution >= 0.6 is 0 Å². The van der Waals surface area contributed by atoms with Gasteiger partial charge in [-0.25, -0.2) is 0 Å². The van der Waals surface area contributed by atoms with Crippen molar-refractivity contribution < 1.29 is 14.3 Å². The van der Waals surface area contributed by atoms with E-state index in [9.17, 15) is 4.79 Å². The Balaban J connectivity index is 1.62. The molecule has 3 rings (SSSR count). The van der Waals surface area contributed by atoms with Gasteiger partial charge in [-0.3, -0.25) is 9.69 Å². The summed E-state index contributed by atoms with van der Waals surface area (Å²) in [7, 11) is 0. The van der Waals surface area contributed by atoms with Crippen molar-refractivity contribution in [3.63, 3.8) is 0 Å². The Bertz CT molecular complexity index is 532. The van der Waals surface area contributed by atoms with Gasteiger partial charge in [0, 0.05) is 26.2 Å². The molecule has 1 amide bonds. The summed E-state index contributed by atoms with van der Waals surface area (Å²) in [6.07, 6.45) is -0.371. The summed E-state index contributed by atoms with van der Waals surface area (Å²) in [6.45, 7) is 8.92. The number of hydrogen-bond donors (Lipinski definition) is 0. The van der Waals surface area contributed by atoms with E-state index in [0.717, 1.165) is 13.1 Å². The molecule has 2 aliphatic rings. The van der Waals surface area contributed by atoms with Crippen molar-refractivity contribution in [3.8, 4) is 0 Å². The molecule has 2 fully saturated rings. The minimum absolute atomic E-state index is 0.0936. The molecule has 0 radical (unpaired) electrons. The van der Waals surface area contributed by atoms with E-state index in [1.807, 2.05) is 11.0 Å². The Hall–Kier alpha value is -1.43. The minimum Gasteiger partial charge on any atom is -0.377 e. The first-order valence-corrected chi connectivity index (χ1v) is 8.33. The maximum Gasteiger partial charge on any atom is 0.253 e. The summed E-state index contributed by atoms with van der Waals surface area (Å²) in [5.41, 5.74) is 1.01. The lowest BCUT2D eigenvalue weighted by Crippen LogP contribution is -2.60. The molecular formula is C18H26N2O3. The molecule has 1 atom stereocenters. The van der Waals surface area contributed by atoms with Gasteiger partial charge < -0.3 is 14.4 Å². The van der Waals surface area contributed by atoms with Gasteiger partial charge >= 0.3 is 0 Å². The average molecular weight is 318 g/mol. The average Bonchev–Trinajstić information content (AvgIpc) is 2.55. The zero-order valence-corrected chi connectivity index (χ0v) is 14.0. The maximum atomic E-state index is 12.9. The maximum absolute atomic E-state index is 12.9. The van der Waals surface area contributed by atoms with Crippen molar-refractivity contribution in [1.82, 2.24) is 9.80 Å². The van der Waals surface area contributed by atoms with Gasteiger partial charge in [-0.15, -0.1) is 0 Å². The van der Waals surface area contributed by atoms with E-state index >= 15 is 0 Å². The van der Waals surface area contributed by atoms with Crippen LogP contribution in [0, 0.1) is 0 Å². The molecular weight excluding hydrogens is 292 g/mol. The van der Waals surface area contributed by atoms with Crippen LogP contribution in [0.5, 0.6) is 0 Å². The highest BCUT2D eigenvalue weighted by Gasteiger charge is 2.39. The number of benzene rings is 1. The summed E-state index contributed by atoms with van der Waals surface area (Å²) in [5.74, 6) is 0.0936. The second kappa shape index (κ2) is 6.99. The van der Waals surface area contributed by atoms with E-state index < -0.39 is 0 Å². The van der Waals surface area contributed by atoms with Crippen molar-refractivity contribution in [2.45, 2.75) is 32.0 Å². The third-order valence-corrected chi connectivity index (χ3v) is 4.59. The summed E-state index contributed by atoms with van der Waals surface area (Å²) < 4.78 is 11.3. The molecule has 0 unspecified atom stereocenters. The van der Waals surface area contributed by atoms with Crippen molar-refractivity contribution >= 4 is 5.91 Å². The number of nitrogens with zero attached hydrogens (tertiary/aromatic N) is 2. The molecule has 23 heavy (non-hydrogen) atoms. The topological polar surface area (TPSA) is 42.0 Å². The van der Waals surface area contributed by atoms with Gasteiger partial charge in [0.1, 0.15) is 6.10 Å². The number of amides is 1. The summed E-state index contributed by atoms with van der Waals surface area (Å²) in [4.78, 5) is 17.1. The van der Waals surface area contributed by atoms with Gasteiger partial charge in [0.2, 0.25) is 0 Å². The van der Waals surface area contributed by atoms with Crippen LogP contribution in [0.3, 0.4) is 0 Å². The Morgan fingerprint density at radius 3 is 2.74 bits per heavy atom. The molecule has 1 aromatic rings. The lowest BCUT2D eigenvalue weighted by molar-refractivity contribution is -0.164. The van der Waals surface area contributed by atoms with Crippen LogP contribution in [0.1, 0.15) is 19.4 Å². The first-order valence-electron chi connectivity index (χ1n) is 8.33. The molecule has 5 heteroatoms. The number of carbonyl (C=O) groups is 1. The molecule has 2 aliphatic heterocycles. The van der Waals surface area contributed by atoms with Crippen LogP contribution in [0.2, 0.25) is 0 Å². The summed E-state index contributed by atoms with van der Waals surface area (Å²) >= 11 is 0. The lowest BCUT2D eigenvalue weighted by Gasteiger charge is -2.44. The normalized spacial score (nSPS) is 25.3. The molecule has 2 heterocycles. The van der Waals surface area contributed by atoms with Gasteiger partial charge in [-0.2, -0.15) is 0 Å². The predicted molar refractivity (Wildman–Crippen MR) is 88.1 cm³/mol. The summed E-state index contributed by atoms with van der Waals surface area (Å²) in [6, 6.07) is 10.4. The van der Waals surface area contributed by atoms with Crippen LogP contribution in [0.25, 0.3) is 0 Å². The number of morpholine rings is 2. The van der Waals surface area contributed by atoms with E-state index in [-0.39, 0.29) is 17.6 Å². The monoisotopic (exact) mass is 318 g/mol. The SMILES string of the molecule is CC1(C)COCCN1C(=O)[C@@H]1CN(Cc2ccccc2)CCO1. The van der Waals surface area contributed by atoms with E-state index in [1.54, 1.807) is 0 Å². The third kappa shape index (κ3) is 3.91. The van der Waals surface area contributed by atoms with E-state index in [2.05, 4.69) is 43.0 Å². The third-order valence-electron chi connectivity index (χ3n) is 4.59. The molecule has 0 saturated carbocycles. The Kier molecular flexibility index (Phi) is 4.99. The van der Waals surface area contributed by atoms with Crippen LogP contribution in [0.15, 0.2) is 30.3 Å². The molecule has 0 aromatic heterocycles. The highest BCUT2D eigenvalue weighted by atomic mass is 16.5. The van der Waals surface area contributed by atoms with Gasteiger partial charge in [-0.05, 0) is 19.4 Å². The van der Waals surface area contributed by atoms with Gasteiger partial charge in [0.25, 0.3) is 5.91 Å². The Labute approximate surface area is 138 Å². The van der Waals surface area contributed by atoms with Crippen LogP contribution < -0.4 is 0 Å². The zero-order valence-electron chi connectivity index (χ0n) is 14.0. The zero-order chi connectivity index (χ0) is 16.3. The first-order chi connectivity index (χ1) is 11.1. The molecule has 2 saturated heterocycles. The van der Waals surface area contributed by atoms with Crippen LogP contribution in [-0.4, -0.2) is 66.8 Å². The molecule has 0 spiro atoms. The highest BCUT2D eigenvalue weighted by molar-refractivity contribution is 5.82. The molecule has 5 nitrogen and oxygen atoms in total. The van der Waals surface area contributed by atoms with Crippen LogP contribution in [-0.2, 0) is 20.8 Å². The number of rotatable bonds is 3. The quantitative estimate of drug-likeness (QED) is 0.847. The Morgan fingerprint density at radius 2 is 2.00 bits per heavy atom. The number of carbonyl (C=O) groups excluding carboxylic acids is 1. The van der Waals surface area contributed by atoms with Gasteiger partial charge in [0.05, 0.1) is 25.4 Å². The fraction of sp³-hybridized carbons (Fsp3) is 0.611. The van der Waals surface area contributed by atoms with Crippen molar-refractivity contribution in [1.29, 1.82) is 0 Å². The van der Waals surface area contributed by atoms with E-state index in [0.29, 0.717) is 32.9 Å². The number of hydrogen-bond acceptors (Lipinski definition) is 4. The van der Waals surface area contributed by atoms with E-state index in [1.165, 1.54) is 5.56 Å². The second-order valence-electron chi connectivity index (χ2n) is 6.94. The highest BCUT2D eigenvalue weighted by Crippen LogP contribution is 2.22. The molecule has 0 N–H and O–H groups in total. The van der Waals surface area contributed by atoms with Crippen LogP contribution in [0.4, 0.5) is 0 Å². The minimum atomic E-state index is -0.371. The molecule has 0 bridgehead atoms. The molecule has 126 valence electrons. The first kappa shape index (κ1) is 16.4.